The molecule has 6 unspecified atom stereocenters. The fraction of sp³-hybridized carbons (Fsp3) is 0.792. The quantitative estimate of drug-likeness (QED) is 0.0147. The molecule has 0 bridgehead atoms. The molecule has 1 rings (SSSR count). The molecule has 1 fully saturated rings. The van der Waals surface area contributed by atoms with Gasteiger partial charge in [0.2, 0.25) is 0 Å². The third kappa shape index (κ3) is 34.3. The number of carbonyl (C=O) groups is 1. The third-order valence-corrected chi connectivity index (χ3v) is 12.9. The number of allylic oxidation sites excluding steroid dienone is 10. The summed E-state index contributed by atoms with van der Waals surface area (Å²) in [5.74, 6) is -0.487. The standard InChI is InChI=1S/C53H95O12P/c1-3-5-7-9-11-13-15-17-19-21-23-24-25-26-28-30-32-34-36-38-40-42-47(54)64-46(45-63-66(60,61)65-53-51(58)49(56)48(55)50(57)52(53)59)44-62-43-41-39-37-35-33-31-29-27-22-20-18-16-14-12-10-8-6-4-2/h6,8,12,14,18,20-21,23,27,29,46,48-53,55-59H,3-5,7,9-11,13,15-17,19,22,24-26,28,30-45H2,1-2H3,(H,60,61)/b8-6-,14-12-,20-18-,23-21-,29-27-. The third-order valence-electron chi connectivity index (χ3n) is 11.9. The molecule has 13 heteroatoms. The molecule has 0 aromatic heterocycles. The summed E-state index contributed by atoms with van der Waals surface area (Å²) in [5.41, 5.74) is 0. The molecule has 0 saturated heterocycles. The number of unbranched alkanes of at least 4 members (excludes halogenated alkanes) is 22. The normalized spacial score (nSPS) is 21.9. The number of carbonyl (C=O) groups excluding carboxylic acids is 1. The second-order valence-electron chi connectivity index (χ2n) is 18.0. The molecule has 0 spiro atoms. The number of esters is 1. The first-order chi connectivity index (χ1) is 32.0. The van der Waals surface area contributed by atoms with Crippen molar-refractivity contribution in [3.8, 4) is 0 Å². The van der Waals surface area contributed by atoms with Gasteiger partial charge in [0.1, 0.15) is 42.7 Å². The second-order valence-corrected chi connectivity index (χ2v) is 19.4. The van der Waals surface area contributed by atoms with Gasteiger partial charge in [0.05, 0.1) is 13.2 Å². The fourth-order valence-electron chi connectivity index (χ4n) is 7.75. The molecule has 1 saturated carbocycles. The number of phosphoric acid groups is 1. The molecule has 12 nitrogen and oxygen atoms in total. The maximum Gasteiger partial charge on any atom is 0.472 e. The van der Waals surface area contributed by atoms with Gasteiger partial charge < -0.3 is 39.9 Å². The molecule has 0 amide bonds. The van der Waals surface area contributed by atoms with Crippen LogP contribution >= 0.6 is 7.82 Å². The van der Waals surface area contributed by atoms with Crippen molar-refractivity contribution in [2.75, 3.05) is 19.8 Å². The average molecular weight is 955 g/mol. The molecule has 0 aliphatic heterocycles. The van der Waals surface area contributed by atoms with Crippen molar-refractivity contribution >= 4 is 13.8 Å². The summed E-state index contributed by atoms with van der Waals surface area (Å²) in [6.07, 6.45) is 42.8. The van der Waals surface area contributed by atoms with Crippen LogP contribution in [0.1, 0.15) is 206 Å². The number of hydrogen-bond acceptors (Lipinski definition) is 11. The number of aliphatic hydroxyl groups excluding tert-OH is 5. The highest BCUT2D eigenvalue weighted by molar-refractivity contribution is 7.47. The minimum atomic E-state index is -5.03. The van der Waals surface area contributed by atoms with Gasteiger partial charge in [0.15, 0.2) is 0 Å². The Kier molecular flexibility index (Phi) is 40.5. The summed E-state index contributed by atoms with van der Waals surface area (Å²) in [6.45, 7) is 4.12. The zero-order valence-electron chi connectivity index (χ0n) is 41.2. The van der Waals surface area contributed by atoms with E-state index in [0.717, 1.165) is 83.5 Å². The lowest BCUT2D eigenvalue weighted by Crippen LogP contribution is -2.64. The van der Waals surface area contributed by atoms with E-state index in [0.29, 0.717) is 13.0 Å². The first-order valence-electron chi connectivity index (χ1n) is 26.1. The highest BCUT2D eigenvalue weighted by Crippen LogP contribution is 2.47. The molecule has 1 aliphatic carbocycles. The van der Waals surface area contributed by atoms with Crippen molar-refractivity contribution in [2.45, 2.75) is 249 Å². The van der Waals surface area contributed by atoms with Crippen molar-refractivity contribution in [3.05, 3.63) is 60.8 Å². The first kappa shape index (κ1) is 62.1. The van der Waals surface area contributed by atoms with Crippen LogP contribution in [0.3, 0.4) is 0 Å². The topological polar surface area (TPSA) is 192 Å². The Balaban J connectivity index is 2.35. The van der Waals surface area contributed by atoms with Crippen molar-refractivity contribution in [1.82, 2.24) is 0 Å². The molecule has 66 heavy (non-hydrogen) atoms. The van der Waals surface area contributed by atoms with Crippen molar-refractivity contribution in [3.63, 3.8) is 0 Å². The van der Waals surface area contributed by atoms with Crippen molar-refractivity contribution in [2.24, 2.45) is 0 Å². The number of aliphatic hydroxyl groups is 5. The molecule has 0 heterocycles. The number of rotatable bonds is 44. The molecule has 384 valence electrons. The highest BCUT2D eigenvalue weighted by Gasteiger charge is 2.51. The largest absolute Gasteiger partial charge is 0.472 e. The predicted octanol–water partition coefficient (Wildman–Crippen LogP) is 11.8. The minimum absolute atomic E-state index is 0.0918. The number of hydrogen-bond donors (Lipinski definition) is 6. The van der Waals surface area contributed by atoms with Crippen LogP contribution < -0.4 is 0 Å². The lowest BCUT2D eigenvalue weighted by Gasteiger charge is -2.41. The van der Waals surface area contributed by atoms with Crippen molar-refractivity contribution in [1.29, 1.82) is 0 Å². The summed E-state index contributed by atoms with van der Waals surface area (Å²) in [7, 11) is -5.03. The zero-order chi connectivity index (χ0) is 48.4. The second kappa shape index (κ2) is 43.1. The van der Waals surface area contributed by atoms with Gasteiger partial charge in [-0.2, -0.15) is 0 Å². The first-order valence-corrected chi connectivity index (χ1v) is 27.6. The van der Waals surface area contributed by atoms with Gasteiger partial charge in [0.25, 0.3) is 0 Å². The Morgan fingerprint density at radius 3 is 1.38 bits per heavy atom. The summed E-state index contributed by atoms with van der Waals surface area (Å²) < 4.78 is 34.3. The smallest absolute Gasteiger partial charge is 0.457 e. The average Bonchev–Trinajstić information content (AvgIpc) is 3.30. The monoisotopic (exact) mass is 955 g/mol. The zero-order valence-corrected chi connectivity index (χ0v) is 42.1. The number of phosphoric ester groups is 1. The van der Waals surface area contributed by atoms with Gasteiger partial charge in [-0.15, -0.1) is 0 Å². The van der Waals surface area contributed by atoms with Gasteiger partial charge in [-0.3, -0.25) is 13.8 Å². The van der Waals surface area contributed by atoms with Gasteiger partial charge in [-0.05, 0) is 77.0 Å². The van der Waals surface area contributed by atoms with E-state index in [1.807, 2.05) is 0 Å². The minimum Gasteiger partial charge on any atom is -0.457 e. The van der Waals surface area contributed by atoms with Crippen LogP contribution in [0, 0.1) is 0 Å². The molecular formula is C53H95O12P. The maximum atomic E-state index is 12.9. The van der Waals surface area contributed by atoms with Gasteiger partial charge in [-0.25, -0.2) is 4.57 Å². The SMILES string of the molecule is CC/C=C\C/C=C\C/C=C\C/C=C\CCCCCCCOCC(COP(=O)(O)OC1C(O)C(O)C(O)C(O)C1O)OC(=O)CCCCCCCCCCC/C=C\CCCCCCCCCC. The van der Waals surface area contributed by atoms with E-state index < -0.39 is 63.1 Å². The Morgan fingerprint density at radius 2 is 0.894 bits per heavy atom. The Bertz CT molecular complexity index is 1320. The maximum absolute atomic E-state index is 12.9. The highest BCUT2D eigenvalue weighted by atomic mass is 31.2. The summed E-state index contributed by atoms with van der Waals surface area (Å²) in [6, 6.07) is 0. The van der Waals surface area contributed by atoms with Crippen LogP contribution in [0.4, 0.5) is 0 Å². The Labute approximate surface area is 400 Å². The van der Waals surface area contributed by atoms with E-state index in [-0.39, 0.29) is 13.0 Å². The molecule has 0 aromatic rings. The molecule has 1 aliphatic rings. The van der Waals surface area contributed by atoms with Gasteiger partial charge in [0, 0.05) is 13.0 Å². The molecule has 6 atom stereocenters. The fourth-order valence-corrected chi connectivity index (χ4v) is 8.73. The summed E-state index contributed by atoms with van der Waals surface area (Å²) >= 11 is 0. The van der Waals surface area contributed by atoms with E-state index in [1.54, 1.807) is 0 Å². The van der Waals surface area contributed by atoms with Crippen molar-refractivity contribution < 1.29 is 58.3 Å². The van der Waals surface area contributed by atoms with E-state index >= 15 is 0 Å². The Morgan fingerprint density at radius 1 is 0.500 bits per heavy atom. The van der Waals surface area contributed by atoms with E-state index in [4.69, 9.17) is 18.5 Å². The molecular weight excluding hydrogens is 860 g/mol. The van der Waals surface area contributed by atoms with Gasteiger partial charge in [-0.1, -0.05) is 184 Å². The van der Waals surface area contributed by atoms with E-state index in [9.17, 15) is 39.8 Å². The van der Waals surface area contributed by atoms with Crippen LogP contribution in [0.25, 0.3) is 0 Å². The summed E-state index contributed by atoms with van der Waals surface area (Å²) in [5, 5.41) is 50.3. The molecule has 0 aromatic carbocycles. The lowest BCUT2D eigenvalue weighted by atomic mass is 9.85. The number of ether oxygens (including phenoxy) is 2. The Hall–Kier alpha value is -1.96. The lowest BCUT2D eigenvalue weighted by molar-refractivity contribution is -0.220. The van der Waals surface area contributed by atoms with E-state index in [1.165, 1.54) is 96.3 Å². The van der Waals surface area contributed by atoms with Crippen LogP contribution in [-0.4, -0.2) is 98.9 Å². The molecule has 6 N–H and O–H groups in total. The summed E-state index contributed by atoms with van der Waals surface area (Å²) in [4.78, 5) is 23.3. The van der Waals surface area contributed by atoms with Crippen LogP contribution in [0.15, 0.2) is 60.8 Å². The van der Waals surface area contributed by atoms with E-state index in [2.05, 4.69) is 74.6 Å². The predicted molar refractivity (Wildman–Crippen MR) is 267 cm³/mol. The molecule has 0 radical (unpaired) electrons. The van der Waals surface area contributed by atoms with Crippen LogP contribution in [-0.2, 0) is 27.9 Å². The van der Waals surface area contributed by atoms with Crippen LogP contribution in [0.5, 0.6) is 0 Å². The van der Waals surface area contributed by atoms with Crippen LogP contribution in [0.2, 0.25) is 0 Å². The van der Waals surface area contributed by atoms with Gasteiger partial charge >= 0.3 is 13.8 Å².